The Morgan fingerprint density at radius 2 is 1.88 bits per heavy atom. The Balaban J connectivity index is 4.52. The fourth-order valence-corrected chi connectivity index (χ4v) is 1.91. The van der Waals surface area contributed by atoms with E-state index in [2.05, 4.69) is 16.0 Å². The second kappa shape index (κ2) is 12.9. The molecule has 10 nitrogen and oxygen atoms in total. The molecule has 0 aliphatic heterocycles. The van der Waals surface area contributed by atoms with Gasteiger partial charge in [0.05, 0.1) is 0 Å². The smallest absolute Gasteiger partial charge is 0.251 e. The van der Waals surface area contributed by atoms with Gasteiger partial charge >= 0.3 is 0 Å². The van der Waals surface area contributed by atoms with Crippen LogP contribution in [-0.4, -0.2) is 35.4 Å². The lowest BCUT2D eigenvalue weighted by molar-refractivity contribution is -0.525. The van der Waals surface area contributed by atoms with Crippen molar-refractivity contribution in [2.24, 2.45) is 11.8 Å². The second-order valence-electron chi connectivity index (χ2n) is 6.53. The molecule has 0 heterocycles. The number of carbonyl (C=O) groups excluding carboxylic acids is 2. The third-order valence-electron chi connectivity index (χ3n) is 3.70. The van der Waals surface area contributed by atoms with Crippen LogP contribution in [0.2, 0.25) is 0 Å². The molecule has 0 spiro atoms. The van der Waals surface area contributed by atoms with Crippen LogP contribution in [0.25, 0.3) is 0 Å². The molecule has 0 aromatic heterocycles. The zero-order chi connectivity index (χ0) is 20.1. The van der Waals surface area contributed by atoms with Crippen LogP contribution in [0.3, 0.4) is 0 Å². The molecule has 0 saturated heterocycles. The average molecular weight is 371 g/mol. The van der Waals surface area contributed by atoms with Crippen molar-refractivity contribution in [2.45, 2.75) is 59.4 Å². The molecule has 10 heteroatoms. The van der Waals surface area contributed by atoms with Gasteiger partial charge in [-0.2, -0.15) is 0 Å². The topological polar surface area (TPSA) is 149 Å². The van der Waals surface area contributed by atoms with Crippen LogP contribution in [0.1, 0.15) is 53.4 Å². The normalized spacial score (nSPS) is 12.8. The quantitative estimate of drug-likeness (QED) is 0.113. The highest BCUT2D eigenvalue weighted by atomic mass is 16.7. The number of guanidine groups is 1. The highest BCUT2D eigenvalue weighted by molar-refractivity contribution is 5.88. The maximum Gasteiger partial charge on any atom is 0.251 e. The predicted molar refractivity (Wildman–Crippen MR) is 98.4 cm³/mol. The fourth-order valence-electron chi connectivity index (χ4n) is 1.91. The van der Waals surface area contributed by atoms with Crippen molar-refractivity contribution < 1.29 is 14.6 Å². The van der Waals surface area contributed by atoms with E-state index in [0.717, 1.165) is 6.42 Å². The monoisotopic (exact) mass is 371 g/mol. The molecule has 0 bridgehead atoms. The van der Waals surface area contributed by atoms with Gasteiger partial charge in [0, 0.05) is 19.0 Å². The number of carbonyl (C=O) groups is 2. The van der Waals surface area contributed by atoms with Crippen molar-refractivity contribution in [3.8, 4) is 0 Å². The molecule has 0 aliphatic rings. The van der Waals surface area contributed by atoms with Gasteiger partial charge in [-0.1, -0.05) is 33.1 Å². The molecule has 0 aromatic rings. The zero-order valence-electron chi connectivity index (χ0n) is 15.9. The summed E-state index contributed by atoms with van der Waals surface area (Å²) in [5, 5.41) is 24.7. The van der Waals surface area contributed by atoms with Crippen LogP contribution in [0.4, 0.5) is 0 Å². The molecule has 0 saturated carbocycles. The predicted octanol–water partition coefficient (Wildman–Crippen LogP) is 0.927. The van der Waals surface area contributed by atoms with E-state index in [-0.39, 0.29) is 24.3 Å². The Labute approximate surface area is 154 Å². The van der Waals surface area contributed by atoms with Gasteiger partial charge in [-0.3, -0.25) is 15.0 Å². The number of hydrogen-bond acceptors (Lipinski definition) is 5. The van der Waals surface area contributed by atoms with Crippen molar-refractivity contribution in [1.29, 1.82) is 5.41 Å². The van der Waals surface area contributed by atoms with Crippen LogP contribution in [0, 0.1) is 33.9 Å². The summed E-state index contributed by atoms with van der Waals surface area (Å²) < 4.78 is 0. The van der Waals surface area contributed by atoms with Crippen LogP contribution in [0.15, 0.2) is 0 Å². The first-order valence-electron chi connectivity index (χ1n) is 8.83. The van der Waals surface area contributed by atoms with E-state index in [4.69, 9.17) is 5.41 Å². The minimum atomic E-state index is -0.831. The van der Waals surface area contributed by atoms with E-state index in [1.54, 1.807) is 18.9 Å². The summed E-state index contributed by atoms with van der Waals surface area (Å²) in [5.74, 6) is -0.689. The van der Waals surface area contributed by atoms with Gasteiger partial charge in [-0.25, -0.2) is 10.1 Å². The molecule has 2 amide bonds. The maximum absolute atomic E-state index is 12.3. The third-order valence-corrected chi connectivity index (χ3v) is 3.70. The summed E-state index contributed by atoms with van der Waals surface area (Å²) in [7, 11) is 0. The van der Waals surface area contributed by atoms with Crippen molar-refractivity contribution in [2.75, 3.05) is 6.54 Å². The second-order valence-corrected chi connectivity index (χ2v) is 6.53. The molecule has 26 heavy (non-hydrogen) atoms. The Kier molecular flexibility index (Phi) is 11.7. The highest BCUT2D eigenvalue weighted by Crippen LogP contribution is 2.05. The van der Waals surface area contributed by atoms with E-state index in [1.807, 2.05) is 20.8 Å². The summed E-state index contributed by atoms with van der Waals surface area (Å²) in [6, 6.07) is -0.695. The summed E-state index contributed by atoms with van der Waals surface area (Å²) in [5.41, 5.74) is 1.69. The zero-order valence-corrected chi connectivity index (χ0v) is 15.9. The molecule has 2 atom stereocenters. The number of amides is 2. The third kappa shape index (κ3) is 11.2. The van der Waals surface area contributed by atoms with E-state index in [9.17, 15) is 19.7 Å². The van der Waals surface area contributed by atoms with Crippen LogP contribution in [-0.2, 0) is 9.59 Å². The Hall–Kier alpha value is -2.39. The lowest BCUT2D eigenvalue weighted by Gasteiger charge is -2.20. The molecular formula is C16H31N6O4. The maximum atomic E-state index is 12.3. The molecule has 0 aliphatic carbocycles. The van der Waals surface area contributed by atoms with E-state index in [1.165, 1.54) is 0 Å². The summed E-state index contributed by atoms with van der Waals surface area (Å²) in [6.45, 7) is 9.70. The van der Waals surface area contributed by atoms with Gasteiger partial charge in [-0.05, 0) is 31.6 Å². The minimum absolute atomic E-state index is 0.188. The van der Waals surface area contributed by atoms with Gasteiger partial charge in [0.25, 0.3) is 5.96 Å². The molecule has 0 fully saturated rings. The number of hydrogen-bond donors (Lipinski definition) is 5. The first-order valence-corrected chi connectivity index (χ1v) is 8.83. The fraction of sp³-hybridized carbons (Fsp3) is 0.750. The molecule has 1 unspecified atom stereocenters. The number of rotatable bonds is 12. The van der Waals surface area contributed by atoms with Crippen LogP contribution >= 0.6 is 0 Å². The van der Waals surface area contributed by atoms with E-state index >= 15 is 0 Å². The Morgan fingerprint density at radius 1 is 1.23 bits per heavy atom. The average Bonchev–Trinajstić information content (AvgIpc) is 2.55. The largest absolute Gasteiger partial charge is 0.352 e. The number of nitrogens with one attached hydrogen (secondary N) is 5. The first-order chi connectivity index (χ1) is 12.2. The van der Waals surface area contributed by atoms with Crippen molar-refractivity contribution >= 4 is 17.8 Å². The Morgan fingerprint density at radius 3 is 2.42 bits per heavy atom. The van der Waals surface area contributed by atoms with Gasteiger partial charge < -0.3 is 16.0 Å². The SMILES string of the molecule is CCC(C)C(=O)N[C@@H](CCCNC(=N)N[N+](=O)[O-])C(=O)N[CH]CC(C)C. The van der Waals surface area contributed by atoms with Gasteiger partial charge in [0.2, 0.25) is 11.8 Å². The van der Waals surface area contributed by atoms with Crippen molar-refractivity contribution in [3.05, 3.63) is 16.7 Å². The lowest BCUT2D eigenvalue weighted by Crippen LogP contribution is -2.48. The minimum Gasteiger partial charge on any atom is -0.352 e. The standard InChI is InChI=1S/C16H31N6O4/c1-5-12(4)14(23)20-13(15(24)18-10-8-11(2)3)7-6-9-19-16(17)21-22(25)26/h10-13H,5-9H2,1-4H3,(H,18,24)(H,20,23)(H3,17,19,21)/t12?,13-/m0/s1. The van der Waals surface area contributed by atoms with Crippen molar-refractivity contribution in [3.63, 3.8) is 0 Å². The Bertz CT molecular complexity index is 483. The van der Waals surface area contributed by atoms with E-state index in [0.29, 0.717) is 25.2 Å². The molecular weight excluding hydrogens is 340 g/mol. The first kappa shape index (κ1) is 23.6. The molecule has 1 radical (unpaired) electrons. The number of nitrogens with zero attached hydrogens (tertiary/aromatic N) is 1. The van der Waals surface area contributed by atoms with Crippen LogP contribution < -0.4 is 21.4 Å². The lowest BCUT2D eigenvalue weighted by atomic mass is 10.1. The van der Waals surface area contributed by atoms with Crippen LogP contribution in [0.5, 0.6) is 0 Å². The summed E-state index contributed by atoms with van der Waals surface area (Å²) >= 11 is 0. The molecule has 0 rings (SSSR count). The number of hydrazine groups is 1. The molecule has 149 valence electrons. The number of nitro groups is 1. The van der Waals surface area contributed by atoms with Gasteiger partial charge in [0.15, 0.2) is 5.03 Å². The highest BCUT2D eigenvalue weighted by Gasteiger charge is 2.22. The van der Waals surface area contributed by atoms with Gasteiger partial charge in [0.1, 0.15) is 6.04 Å². The van der Waals surface area contributed by atoms with Gasteiger partial charge in [-0.15, -0.1) is 0 Å². The summed E-state index contributed by atoms with van der Waals surface area (Å²) in [4.78, 5) is 34.6. The van der Waals surface area contributed by atoms with E-state index < -0.39 is 17.0 Å². The molecule has 0 aromatic carbocycles. The molecule has 5 N–H and O–H groups in total. The summed E-state index contributed by atoms with van der Waals surface area (Å²) in [6.07, 6.45) is 2.20. The van der Waals surface area contributed by atoms with Crippen molar-refractivity contribution in [1.82, 2.24) is 21.4 Å².